The van der Waals surface area contributed by atoms with Gasteiger partial charge >= 0.3 is 0 Å². The standard InChI is InChI=1S/C14H16N4O3S/c1-9-17-13(21-18-9)7-16-14(19)10-2-3-12(15-6-10)20-11-4-5-22-8-11/h2-3,6,11H,4-5,7-8H2,1H3,(H,16,19). The maximum Gasteiger partial charge on any atom is 0.253 e. The van der Waals surface area contributed by atoms with Gasteiger partial charge in [-0.1, -0.05) is 5.16 Å². The summed E-state index contributed by atoms with van der Waals surface area (Å²) in [5, 5.41) is 6.36. The molecule has 3 rings (SSSR count). The number of carbonyl (C=O) groups excluding carboxylic acids is 1. The number of aryl methyl sites for hydroxylation is 1. The summed E-state index contributed by atoms with van der Waals surface area (Å²) in [5.74, 6) is 3.34. The molecule has 0 aromatic carbocycles. The average molecular weight is 320 g/mol. The van der Waals surface area contributed by atoms with Crippen LogP contribution in [0.5, 0.6) is 5.88 Å². The normalized spacial score (nSPS) is 17.4. The average Bonchev–Trinajstić information content (AvgIpc) is 3.17. The number of hydrogen-bond acceptors (Lipinski definition) is 7. The van der Waals surface area contributed by atoms with Crippen molar-refractivity contribution in [3.05, 3.63) is 35.6 Å². The number of carbonyl (C=O) groups is 1. The topological polar surface area (TPSA) is 90.1 Å². The predicted octanol–water partition coefficient (Wildman–Crippen LogP) is 1.59. The van der Waals surface area contributed by atoms with E-state index in [0.717, 1.165) is 17.9 Å². The first-order valence-electron chi connectivity index (χ1n) is 6.98. The number of pyridine rings is 1. The Balaban J connectivity index is 1.53. The molecule has 3 heterocycles. The smallest absolute Gasteiger partial charge is 0.253 e. The monoisotopic (exact) mass is 320 g/mol. The summed E-state index contributed by atoms with van der Waals surface area (Å²) in [6.45, 7) is 1.91. The molecule has 0 aliphatic carbocycles. The number of nitrogens with one attached hydrogen (secondary N) is 1. The molecule has 8 heteroatoms. The third kappa shape index (κ3) is 3.76. The Bertz CT molecular complexity index is 638. The third-order valence-electron chi connectivity index (χ3n) is 3.14. The number of nitrogens with zero attached hydrogens (tertiary/aromatic N) is 3. The molecule has 0 bridgehead atoms. The largest absolute Gasteiger partial charge is 0.473 e. The molecule has 1 unspecified atom stereocenters. The second-order valence-corrected chi connectivity index (χ2v) is 6.06. The third-order valence-corrected chi connectivity index (χ3v) is 4.28. The Morgan fingerprint density at radius 3 is 3.09 bits per heavy atom. The molecule has 7 nitrogen and oxygen atoms in total. The van der Waals surface area contributed by atoms with Gasteiger partial charge in [-0.3, -0.25) is 4.79 Å². The van der Waals surface area contributed by atoms with Crippen molar-refractivity contribution < 1.29 is 14.1 Å². The van der Waals surface area contributed by atoms with Crippen molar-refractivity contribution in [1.29, 1.82) is 0 Å². The minimum Gasteiger partial charge on any atom is -0.473 e. The van der Waals surface area contributed by atoms with E-state index in [9.17, 15) is 4.79 Å². The first kappa shape index (κ1) is 14.8. The van der Waals surface area contributed by atoms with Crippen molar-refractivity contribution >= 4 is 17.7 Å². The van der Waals surface area contributed by atoms with Crippen LogP contribution in [0.2, 0.25) is 0 Å². The summed E-state index contributed by atoms with van der Waals surface area (Å²) in [4.78, 5) is 20.2. The van der Waals surface area contributed by atoms with Crippen LogP contribution < -0.4 is 10.1 Å². The van der Waals surface area contributed by atoms with E-state index >= 15 is 0 Å². The van der Waals surface area contributed by atoms with E-state index in [4.69, 9.17) is 9.26 Å². The fourth-order valence-corrected chi connectivity index (χ4v) is 3.12. The highest BCUT2D eigenvalue weighted by molar-refractivity contribution is 7.99. The quantitative estimate of drug-likeness (QED) is 0.894. The molecule has 1 saturated heterocycles. The highest BCUT2D eigenvalue weighted by Crippen LogP contribution is 2.21. The Morgan fingerprint density at radius 1 is 1.55 bits per heavy atom. The summed E-state index contributed by atoms with van der Waals surface area (Å²) >= 11 is 1.88. The predicted molar refractivity (Wildman–Crippen MR) is 80.8 cm³/mol. The van der Waals surface area contributed by atoms with Crippen molar-refractivity contribution in [2.24, 2.45) is 0 Å². The maximum atomic E-state index is 12.0. The van der Waals surface area contributed by atoms with Crippen LogP contribution in [-0.4, -0.2) is 38.6 Å². The molecule has 0 saturated carbocycles. The zero-order valence-corrected chi connectivity index (χ0v) is 12.9. The van der Waals surface area contributed by atoms with E-state index < -0.39 is 0 Å². The van der Waals surface area contributed by atoms with Crippen LogP contribution in [0.15, 0.2) is 22.9 Å². The van der Waals surface area contributed by atoms with Crippen LogP contribution in [0.4, 0.5) is 0 Å². The molecule has 1 aliphatic heterocycles. The molecule has 0 radical (unpaired) electrons. The zero-order chi connectivity index (χ0) is 15.4. The number of aromatic nitrogens is 3. The van der Waals surface area contributed by atoms with Gasteiger partial charge in [0, 0.05) is 18.0 Å². The molecule has 116 valence electrons. The minimum atomic E-state index is -0.244. The lowest BCUT2D eigenvalue weighted by Crippen LogP contribution is -2.23. The molecule has 2 aromatic heterocycles. The maximum absolute atomic E-state index is 12.0. The van der Waals surface area contributed by atoms with E-state index in [1.54, 1.807) is 19.1 Å². The van der Waals surface area contributed by atoms with Gasteiger partial charge in [0.05, 0.1) is 12.1 Å². The molecule has 2 aromatic rings. The van der Waals surface area contributed by atoms with Crippen LogP contribution in [0.3, 0.4) is 0 Å². The summed E-state index contributed by atoms with van der Waals surface area (Å²) < 4.78 is 10.7. The molecule has 1 amide bonds. The van der Waals surface area contributed by atoms with Gasteiger partial charge in [-0.05, 0) is 25.2 Å². The minimum absolute atomic E-state index is 0.192. The number of amides is 1. The summed E-state index contributed by atoms with van der Waals surface area (Å²) in [6, 6.07) is 3.41. The lowest BCUT2D eigenvalue weighted by molar-refractivity contribution is 0.0945. The fraction of sp³-hybridized carbons (Fsp3) is 0.429. The van der Waals surface area contributed by atoms with Crippen molar-refractivity contribution in [3.63, 3.8) is 0 Å². The first-order chi connectivity index (χ1) is 10.7. The lowest BCUT2D eigenvalue weighted by atomic mass is 10.2. The summed E-state index contributed by atoms with van der Waals surface area (Å²) in [5.41, 5.74) is 0.462. The van der Waals surface area contributed by atoms with Crippen molar-refractivity contribution in [2.75, 3.05) is 11.5 Å². The van der Waals surface area contributed by atoms with Gasteiger partial charge in [0.15, 0.2) is 5.82 Å². The van der Waals surface area contributed by atoms with Crippen molar-refractivity contribution in [2.45, 2.75) is 26.0 Å². The van der Waals surface area contributed by atoms with Gasteiger partial charge in [0.2, 0.25) is 11.8 Å². The van der Waals surface area contributed by atoms with Gasteiger partial charge in [0.25, 0.3) is 5.91 Å². The Hall–Kier alpha value is -2.09. The highest BCUT2D eigenvalue weighted by atomic mass is 32.2. The van der Waals surface area contributed by atoms with Gasteiger partial charge < -0.3 is 14.6 Å². The Labute approximate surface area is 131 Å². The first-order valence-corrected chi connectivity index (χ1v) is 8.14. The number of rotatable bonds is 5. The van der Waals surface area contributed by atoms with Gasteiger partial charge in [-0.25, -0.2) is 4.98 Å². The SMILES string of the molecule is Cc1noc(CNC(=O)c2ccc(OC3CCSC3)nc2)n1. The van der Waals surface area contributed by atoms with Crippen LogP contribution in [0, 0.1) is 6.92 Å². The number of hydrogen-bond donors (Lipinski definition) is 1. The number of ether oxygens (including phenoxy) is 1. The zero-order valence-electron chi connectivity index (χ0n) is 12.1. The van der Waals surface area contributed by atoms with Gasteiger partial charge in [-0.2, -0.15) is 16.7 Å². The highest BCUT2D eigenvalue weighted by Gasteiger charge is 2.17. The Morgan fingerprint density at radius 2 is 2.45 bits per heavy atom. The second kappa shape index (κ2) is 6.78. The van der Waals surface area contributed by atoms with E-state index in [1.807, 2.05) is 11.8 Å². The molecule has 0 spiro atoms. The summed E-state index contributed by atoms with van der Waals surface area (Å²) in [7, 11) is 0. The summed E-state index contributed by atoms with van der Waals surface area (Å²) in [6.07, 6.45) is 2.77. The van der Waals surface area contributed by atoms with E-state index in [1.165, 1.54) is 6.20 Å². The fourth-order valence-electron chi connectivity index (χ4n) is 2.03. The molecule has 1 aliphatic rings. The van der Waals surface area contributed by atoms with Gasteiger partial charge in [0.1, 0.15) is 6.10 Å². The lowest BCUT2D eigenvalue weighted by Gasteiger charge is -2.11. The van der Waals surface area contributed by atoms with Gasteiger partial charge in [-0.15, -0.1) is 0 Å². The molecular weight excluding hydrogens is 304 g/mol. The van der Waals surface area contributed by atoms with Crippen LogP contribution >= 0.6 is 11.8 Å². The van der Waals surface area contributed by atoms with Crippen LogP contribution in [0.25, 0.3) is 0 Å². The number of thioether (sulfide) groups is 1. The second-order valence-electron chi connectivity index (χ2n) is 4.91. The van der Waals surface area contributed by atoms with E-state index in [2.05, 4.69) is 20.4 Å². The van der Waals surface area contributed by atoms with Crippen molar-refractivity contribution in [3.8, 4) is 5.88 Å². The molecule has 22 heavy (non-hydrogen) atoms. The van der Waals surface area contributed by atoms with Crippen LogP contribution in [-0.2, 0) is 6.54 Å². The van der Waals surface area contributed by atoms with E-state index in [0.29, 0.717) is 23.2 Å². The molecule has 1 atom stereocenters. The molecule has 1 N–H and O–H groups in total. The molecule has 1 fully saturated rings. The van der Waals surface area contributed by atoms with E-state index in [-0.39, 0.29) is 18.6 Å². The van der Waals surface area contributed by atoms with Crippen LogP contribution in [0.1, 0.15) is 28.5 Å². The Kier molecular flexibility index (Phi) is 4.57. The molecular formula is C14H16N4O3S. The van der Waals surface area contributed by atoms with Crippen molar-refractivity contribution in [1.82, 2.24) is 20.4 Å².